The van der Waals surface area contributed by atoms with Crippen molar-refractivity contribution in [2.75, 3.05) is 7.11 Å². The molecule has 2 atom stereocenters. The largest absolute Gasteiger partial charge is 0.382 e. The fraction of sp³-hybridized carbons (Fsp3) is 0.455. The predicted octanol–water partition coefficient (Wildman–Crippen LogP) is 2.90. The number of nitrogens with two attached hydrogens (primary N) is 1. The average Bonchev–Trinajstić information content (AvgIpc) is 2.17. The van der Waals surface area contributed by atoms with Gasteiger partial charge >= 0.3 is 0 Å². The summed E-state index contributed by atoms with van der Waals surface area (Å²) in [4.78, 5) is 0. The Kier molecular flexibility index (Phi) is 4.51. The summed E-state index contributed by atoms with van der Waals surface area (Å²) in [6.07, 6.45) is 0.588. The molecule has 0 aliphatic rings. The second-order valence-corrected chi connectivity index (χ2v) is 3.99. The van der Waals surface area contributed by atoms with Gasteiger partial charge in [0.15, 0.2) is 0 Å². The summed E-state index contributed by atoms with van der Waals surface area (Å²) in [6.45, 7) is 1.90. The van der Waals surface area contributed by atoms with Gasteiger partial charge in [-0.3, -0.25) is 0 Å². The highest BCUT2D eigenvalue weighted by Crippen LogP contribution is 2.22. The molecule has 0 fully saturated rings. The van der Waals surface area contributed by atoms with Crippen molar-refractivity contribution in [3.63, 3.8) is 0 Å². The minimum absolute atomic E-state index is 0.00933. The van der Waals surface area contributed by atoms with Crippen LogP contribution in [-0.2, 0) is 4.74 Å². The van der Waals surface area contributed by atoms with Crippen LogP contribution in [0.5, 0.6) is 0 Å². The molecule has 15 heavy (non-hydrogen) atoms. The molecule has 0 aliphatic heterocycles. The second kappa shape index (κ2) is 5.45. The van der Waals surface area contributed by atoms with E-state index in [1.54, 1.807) is 19.2 Å². The zero-order chi connectivity index (χ0) is 11.4. The Hall–Kier alpha value is -0.640. The first-order valence-corrected chi connectivity index (χ1v) is 5.15. The Morgan fingerprint density at radius 3 is 2.73 bits per heavy atom. The van der Waals surface area contributed by atoms with Gasteiger partial charge in [0.1, 0.15) is 5.82 Å². The minimum Gasteiger partial charge on any atom is -0.382 e. The van der Waals surface area contributed by atoms with E-state index < -0.39 is 0 Å². The van der Waals surface area contributed by atoms with Crippen molar-refractivity contribution in [1.82, 2.24) is 0 Å². The molecule has 2 N–H and O–H groups in total. The third-order valence-corrected chi connectivity index (χ3v) is 2.59. The van der Waals surface area contributed by atoms with Crippen LogP contribution in [0.4, 0.5) is 4.39 Å². The monoisotopic (exact) mass is 231 g/mol. The van der Waals surface area contributed by atoms with Crippen LogP contribution in [0.25, 0.3) is 0 Å². The molecule has 1 rings (SSSR count). The van der Waals surface area contributed by atoms with Crippen LogP contribution in [0.1, 0.15) is 24.9 Å². The molecule has 1 aromatic rings. The molecule has 0 radical (unpaired) electrons. The zero-order valence-corrected chi connectivity index (χ0v) is 9.59. The Morgan fingerprint density at radius 2 is 2.20 bits per heavy atom. The summed E-state index contributed by atoms with van der Waals surface area (Å²) >= 11 is 5.65. The van der Waals surface area contributed by atoms with Gasteiger partial charge in [0.25, 0.3) is 0 Å². The van der Waals surface area contributed by atoms with Crippen molar-refractivity contribution in [3.05, 3.63) is 34.6 Å². The fourth-order valence-electron chi connectivity index (χ4n) is 1.38. The van der Waals surface area contributed by atoms with E-state index in [2.05, 4.69) is 0 Å². The number of methoxy groups -OCH3 is 1. The first-order chi connectivity index (χ1) is 7.04. The van der Waals surface area contributed by atoms with E-state index in [1.165, 1.54) is 6.07 Å². The molecule has 84 valence electrons. The van der Waals surface area contributed by atoms with Gasteiger partial charge in [0.2, 0.25) is 0 Å². The van der Waals surface area contributed by atoms with Gasteiger partial charge in [-0.2, -0.15) is 0 Å². The predicted molar refractivity (Wildman–Crippen MR) is 59.4 cm³/mol. The number of hydrogen-bond acceptors (Lipinski definition) is 2. The molecule has 2 nitrogen and oxygen atoms in total. The quantitative estimate of drug-likeness (QED) is 0.865. The highest BCUT2D eigenvalue weighted by Gasteiger charge is 2.14. The Morgan fingerprint density at radius 1 is 1.53 bits per heavy atom. The molecule has 4 heteroatoms. The number of rotatable bonds is 4. The van der Waals surface area contributed by atoms with Crippen molar-refractivity contribution >= 4 is 11.6 Å². The third kappa shape index (κ3) is 3.45. The van der Waals surface area contributed by atoms with E-state index in [1.807, 2.05) is 6.92 Å². The second-order valence-electron chi connectivity index (χ2n) is 3.55. The molecule has 2 unspecified atom stereocenters. The Balaban J connectivity index is 2.77. The lowest BCUT2D eigenvalue weighted by molar-refractivity contribution is 0.104. The standard InChI is InChI=1S/C11H15ClFNO/c1-7(15-2)5-11(14)9-4-3-8(12)6-10(9)13/h3-4,6-7,11H,5,14H2,1-2H3. The lowest BCUT2D eigenvalue weighted by Gasteiger charge is -2.17. The van der Waals surface area contributed by atoms with Gasteiger partial charge in [-0.1, -0.05) is 17.7 Å². The van der Waals surface area contributed by atoms with Crippen LogP contribution < -0.4 is 5.73 Å². The van der Waals surface area contributed by atoms with E-state index in [0.29, 0.717) is 17.0 Å². The molecule has 0 heterocycles. The van der Waals surface area contributed by atoms with Gasteiger partial charge < -0.3 is 10.5 Å². The number of halogens is 2. The van der Waals surface area contributed by atoms with E-state index in [9.17, 15) is 4.39 Å². The summed E-state index contributed by atoms with van der Waals surface area (Å²) in [5.74, 6) is -0.363. The van der Waals surface area contributed by atoms with Crippen LogP contribution in [0.2, 0.25) is 5.02 Å². The molecular formula is C11H15ClFNO. The van der Waals surface area contributed by atoms with Gasteiger partial charge in [-0.25, -0.2) is 4.39 Å². The molecule has 0 spiro atoms. The first-order valence-electron chi connectivity index (χ1n) is 4.78. The molecule has 0 aromatic heterocycles. The number of benzene rings is 1. The van der Waals surface area contributed by atoms with Crippen LogP contribution in [0.15, 0.2) is 18.2 Å². The van der Waals surface area contributed by atoms with Gasteiger partial charge in [-0.15, -0.1) is 0 Å². The SMILES string of the molecule is COC(C)CC(N)c1ccc(Cl)cc1F. The maximum absolute atomic E-state index is 13.4. The highest BCUT2D eigenvalue weighted by molar-refractivity contribution is 6.30. The van der Waals surface area contributed by atoms with Gasteiger partial charge in [-0.05, 0) is 25.5 Å². The normalized spacial score (nSPS) is 15.0. The van der Waals surface area contributed by atoms with Crippen LogP contribution in [-0.4, -0.2) is 13.2 Å². The summed E-state index contributed by atoms with van der Waals surface area (Å²) in [5, 5.41) is 0.378. The molecule has 0 amide bonds. The van der Waals surface area contributed by atoms with Crippen LogP contribution in [0.3, 0.4) is 0 Å². The molecule has 1 aromatic carbocycles. The maximum atomic E-state index is 13.4. The average molecular weight is 232 g/mol. The van der Waals surface area contributed by atoms with E-state index in [4.69, 9.17) is 22.1 Å². The van der Waals surface area contributed by atoms with Gasteiger partial charge in [0.05, 0.1) is 6.10 Å². The van der Waals surface area contributed by atoms with Crippen molar-refractivity contribution < 1.29 is 9.13 Å². The third-order valence-electron chi connectivity index (χ3n) is 2.35. The van der Waals surface area contributed by atoms with E-state index >= 15 is 0 Å². The summed E-state index contributed by atoms with van der Waals surface area (Å²) in [6, 6.07) is 4.16. The van der Waals surface area contributed by atoms with Gasteiger partial charge in [0, 0.05) is 23.7 Å². The van der Waals surface area contributed by atoms with Crippen molar-refractivity contribution in [3.8, 4) is 0 Å². The summed E-state index contributed by atoms with van der Waals surface area (Å²) in [5.41, 5.74) is 6.33. The number of hydrogen-bond donors (Lipinski definition) is 1. The Bertz CT molecular complexity index is 332. The number of ether oxygens (including phenoxy) is 1. The fourth-order valence-corrected chi connectivity index (χ4v) is 1.54. The molecule has 0 saturated heterocycles. The highest BCUT2D eigenvalue weighted by atomic mass is 35.5. The molecule has 0 saturated carbocycles. The molecular weight excluding hydrogens is 217 g/mol. The molecule has 0 bridgehead atoms. The minimum atomic E-state index is -0.364. The lowest BCUT2D eigenvalue weighted by Crippen LogP contribution is -2.19. The lowest BCUT2D eigenvalue weighted by atomic mass is 10.0. The zero-order valence-electron chi connectivity index (χ0n) is 8.84. The van der Waals surface area contributed by atoms with Crippen molar-refractivity contribution in [2.24, 2.45) is 5.73 Å². The van der Waals surface area contributed by atoms with E-state index in [-0.39, 0.29) is 18.0 Å². The van der Waals surface area contributed by atoms with Crippen molar-refractivity contribution in [2.45, 2.75) is 25.5 Å². The first kappa shape index (κ1) is 12.4. The Labute approximate surface area is 94.2 Å². The van der Waals surface area contributed by atoms with Crippen LogP contribution >= 0.6 is 11.6 Å². The van der Waals surface area contributed by atoms with Crippen LogP contribution in [0, 0.1) is 5.82 Å². The van der Waals surface area contributed by atoms with Crippen molar-refractivity contribution in [1.29, 1.82) is 0 Å². The summed E-state index contributed by atoms with van der Waals surface area (Å²) in [7, 11) is 1.61. The smallest absolute Gasteiger partial charge is 0.129 e. The summed E-state index contributed by atoms with van der Waals surface area (Å²) < 4.78 is 18.5. The van der Waals surface area contributed by atoms with E-state index in [0.717, 1.165) is 0 Å². The topological polar surface area (TPSA) is 35.2 Å². The molecule has 0 aliphatic carbocycles. The maximum Gasteiger partial charge on any atom is 0.129 e.